The Morgan fingerprint density at radius 3 is 1.88 bits per heavy atom. The lowest BCUT2D eigenvalue weighted by molar-refractivity contribution is 1.04. The summed E-state index contributed by atoms with van der Waals surface area (Å²) >= 11 is 3.99. The topological polar surface area (TPSA) is 78.1 Å². The van der Waals surface area contributed by atoms with Crippen molar-refractivity contribution in [1.82, 2.24) is 0 Å². The van der Waals surface area contributed by atoms with Crippen LogP contribution in [0.15, 0.2) is 0 Å². The van der Waals surface area contributed by atoms with Crippen molar-refractivity contribution in [2.45, 2.75) is 12.5 Å². The first kappa shape index (κ1) is 8.45. The number of nitrogens with two attached hydrogens (primary N) is 3. The highest BCUT2D eigenvalue weighted by Gasteiger charge is 2.14. The molecular weight excluding hydrogens is 138 g/mol. The molecule has 3 nitrogen and oxygen atoms in total. The van der Waals surface area contributed by atoms with Crippen LogP contribution in [0, 0.1) is 0 Å². The molecule has 0 aliphatic rings. The molecule has 0 aliphatic carbocycles. The fraction of sp³-hybridized carbons (Fsp3) is 1.00. The molecule has 0 saturated carbocycles. The lowest BCUT2D eigenvalue weighted by Gasteiger charge is -2.11. The molecular formula is C3H13N3SSi. The van der Waals surface area contributed by atoms with Gasteiger partial charge in [0.1, 0.15) is 0 Å². The normalized spacial score (nSPS) is 12.0. The SMILES string of the molecule is N[Si](N)(N)CCCS. The molecule has 5 heteroatoms. The van der Waals surface area contributed by atoms with Gasteiger partial charge in [-0.1, -0.05) is 0 Å². The highest BCUT2D eigenvalue weighted by atomic mass is 32.1. The van der Waals surface area contributed by atoms with E-state index in [-0.39, 0.29) is 0 Å². The Hall–Kier alpha value is 0.447. The van der Waals surface area contributed by atoms with Crippen LogP contribution in [0.5, 0.6) is 0 Å². The van der Waals surface area contributed by atoms with Gasteiger partial charge in [-0.2, -0.15) is 12.6 Å². The molecule has 0 saturated heterocycles. The molecule has 50 valence electrons. The number of hydrogen-bond donors (Lipinski definition) is 4. The summed E-state index contributed by atoms with van der Waals surface area (Å²) in [5.74, 6) is 0.820. The van der Waals surface area contributed by atoms with E-state index in [1.54, 1.807) is 0 Å². The van der Waals surface area contributed by atoms with Crippen molar-refractivity contribution in [3.05, 3.63) is 0 Å². The van der Waals surface area contributed by atoms with Gasteiger partial charge in [0.25, 0.3) is 8.56 Å². The first-order valence-corrected chi connectivity index (χ1v) is 5.61. The first-order valence-electron chi connectivity index (χ1n) is 2.54. The van der Waals surface area contributed by atoms with Crippen LogP contribution < -0.4 is 16.2 Å². The largest absolute Gasteiger partial charge is 0.327 e. The third-order valence-corrected chi connectivity index (χ3v) is 2.30. The molecule has 6 N–H and O–H groups in total. The summed E-state index contributed by atoms with van der Waals surface area (Å²) in [6.07, 6.45) is 0.929. The van der Waals surface area contributed by atoms with Crippen LogP contribution in [-0.2, 0) is 0 Å². The molecule has 0 bridgehead atoms. The molecule has 0 aromatic carbocycles. The van der Waals surface area contributed by atoms with Gasteiger partial charge in [-0.05, 0) is 18.2 Å². The Kier molecular flexibility index (Phi) is 3.66. The van der Waals surface area contributed by atoms with E-state index in [0.29, 0.717) is 0 Å². The lowest BCUT2D eigenvalue weighted by atomic mass is 10.6. The van der Waals surface area contributed by atoms with Crippen LogP contribution in [0.4, 0.5) is 0 Å². The maximum Gasteiger partial charge on any atom is 0.273 e. The molecule has 0 spiro atoms. The molecule has 0 amide bonds. The quantitative estimate of drug-likeness (QED) is 0.312. The summed E-state index contributed by atoms with van der Waals surface area (Å²) in [7, 11) is -2.23. The van der Waals surface area contributed by atoms with Crippen molar-refractivity contribution in [2.75, 3.05) is 5.75 Å². The molecule has 0 heterocycles. The molecule has 0 radical (unpaired) electrons. The Balaban J connectivity index is 3.11. The number of hydrogen-bond acceptors (Lipinski definition) is 4. The van der Waals surface area contributed by atoms with Gasteiger partial charge in [0.2, 0.25) is 0 Å². The molecule has 0 rings (SSSR count). The van der Waals surface area contributed by atoms with Gasteiger partial charge >= 0.3 is 0 Å². The zero-order valence-corrected chi connectivity index (χ0v) is 6.70. The Labute approximate surface area is 56.3 Å². The van der Waals surface area contributed by atoms with Gasteiger partial charge in [0.15, 0.2) is 0 Å². The molecule has 0 aromatic rings. The van der Waals surface area contributed by atoms with Crippen molar-refractivity contribution in [1.29, 1.82) is 0 Å². The smallest absolute Gasteiger partial charge is 0.273 e. The van der Waals surface area contributed by atoms with Gasteiger partial charge in [0.05, 0.1) is 0 Å². The zero-order valence-electron chi connectivity index (χ0n) is 4.80. The van der Waals surface area contributed by atoms with Crippen LogP contribution >= 0.6 is 12.6 Å². The first-order chi connectivity index (χ1) is 3.56. The van der Waals surface area contributed by atoms with Crippen LogP contribution in [-0.4, -0.2) is 14.3 Å². The highest BCUT2D eigenvalue weighted by Crippen LogP contribution is 1.94. The van der Waals surface area contributed by atoms with Crippen molar-refractivity contribution in [3.63, 3.8) is 0 Å². The molecule has 8 heavy (non-hydrogen) atoms. The van der Waals surface area contributed by atoms with E-state index in [2.05, 4.69) is 12.6 Å². The molecule has 0 aromatic heterocycles. The molecule has 0 atom stereocenters. The number of thiol groups is 1. The summed E-state index contributed by atoms with van der Waals surface area (Å²) in [5, 5.41) is 16.1. The van der Waals surface area contributed by atoms with E-state index >= 15 is 0 Å². The van der Waals surface area contributed by atoms with Gasteiger partial charge in [-0.3, -0.25) is 0 Å². The van der Waals surface area contributed by atoms with Gasteiger partial charge in [0, 0.05) is 0 Å². The number of rotatable bonds is 3. The van der Waals surface area contributed by atoms with E-state index in [9.17, 15) is 0 Å². The predicted molar refractivity (Wildman–Crippen MR) is 41.6 cm³/mol. The Morgan fingerprint density at radius 1 is 1.25 bits per heavy atom. The average Bonchev–Trinajstić information content (AvgIpc) is 1.59. The summed E-state index contributed by atoms with van der Waals surface area (Å²) in [6.45, 7) is 0. The van der Waals surface area contributed by atoms with Crippen molar-refractivity contribution < 1.29 is 0 Å². The summed E-state index contributed by atoms with van der Waals surface area (Å²) in [5.41, 5.74) is 0. The Bertz CT molecular complexity index is 62.0. The fourth-order valence-corrected chi connectivity index (χ4v) is 1.63. The Morgan fingerprint density at radius 2 is 1.75 bits per heavy atom. The van der Waals surface area contributed by atoms with Gasteiger partial charge in [-0.25, -0.2) is 0 Å². The molecule has 0 unspecified atom stereocenters. The van der Waals surface area contributed by atoms with Crippen LogP contribution in [0.1, 0.15) is 6.42 Å². The minimum atomic E-state index is -2.23. The van der Waals surface area contributed by atoms with E-state index in [1.165, 1.54) is 0 Å². The summed E-state index contributed by atoms with van der Waals surface area (Å²) in [6, 6.07) is 0.760. The van der Waals surface area contributed by atoms with E-state index in [1.807, 2.05) is 0 Å². The second-order valence-electron chi connectivity index (χ2n) is 1.94. The molecule has 0 fully saturated rings. The third-order valence-electron chi connectivity index (χ3n) is 0.768. The van der Waals surface area contributed by atoms with Crippen LogP contribution in [0.3, 0.4) is 0 Å². The predicted octanol–water partition coefficient (Wildman–Crippen LogP) is -0.879. The maximum absolute atomic E-state index is 5.38. The third kappa shape index (κ3) is 6.45. The summed E-state index contributed by atoms with van der Waals surface area (Å²) < 4.78 is 0. The molecule has 0 aliphatic heterocycles. The second kappa shape index (κ2) is 3.47. The highest BCUT2D eigenvalue weighted by molar-refractivity contribution is 7.80. The van der Waals surface area contributed by atoms with Gasteiger partial charge < -0.3 is 16.2 Å². The lowest BCUT2D eigenvalue weighted by Crippen LogP contribution is -2.64. The fourth-order valence-electron chi connectivity index (χ4n) is 0.385. The average molecular weight is 151 g/mol. The van der Waals surface area contributed by atoms with Crippen LogP contribution in [0.25, 0.3) is 0 Å². The van der Waals surface area contributed by atoms with Crippen molar-refractivity contribution in [3.8, 4) is 0 Å². The van der Waals surface area contributed by atoms with Gasteiger partial charge in [-0.15, -0.1) is 0 Å². The van der Waals surface area contributed by atoms with Crippen LogP contribution in [0.2, 0.25) is 6.04 Å². The minimum Gasteiger partial charge on any atom is -0.327 e. The monoisotopic (exact) mass is 151 g/mol. The van der Waals surface area contributed by atoms with Crippen molar-refractivity contribution >= 4 is 21.2 Å². The standard InChI is InChI=1S/C3H13N3SSi/c4-8(5,6)3-1-2-7/h7H,1-6H2. The maximum atomic E-state index is 5.38. The van der Waals surface area contributed by atoms with Crippen molar-refractivity contribution in [2.24, 2.45) is 16.2 Å². The van der Waals surface area contributed by atoms with E-state index in [0.717, 1.165) is 18.2 Å². The van der Waals surface area contributed by atoms with E-state index in [4.69, 9.17) is 16.2 Å². The summed E-state index contributed by atoms with van der Waals surface area (Å²) in [4.78, 5) is 0. The van der Waals surface area contributed by atoms with E-state index < -0.39 is 8.56 Å². The second-order valence-corrected chi connectivity index (χ2v) is 5.11. The zero-order chi connectivity index (χ0) is 6.62. The minimum absolute atomic E-state index is 0.760.